The van der Waals surface area contributed by atoms with Crippen LogP contribution in [0.3, 0.4) is 0 Å². The molecule has 2 aliphatic rings. The van der Waals surface area contributed by atoms with Gasteiger partial charge in [-0.05, 0) is 38.6 Å². The van der Waals surface area contributed by atoms with Gasteiger partial charge in [-0.2, -0.15) is 5.26 Å². The first-order valence-corrected chi connectivity index (χ1v) is 7.89. The second kappa shape index (κ2) is 5.28. The quantitative estimate of drug-likeness (QED) is 0.932. The molecule has 1 N–H and O–H groups in total. The molecule has 0 radical (unpaired) electrons. The van der Waals surface area contributed by atoms with Crippen molar-refractivity contribution in [3.8, 4) is 6.07 Å². The second-order valence-corrected chi connectivity index (χ2v) is 6.88. The molecule has 3 rings (SSSR count). The number of hydrogen-bond donors (Lipinski definition) is 1. The van der Waals surface area contributed by atoms with Gasteiger partial charge in [0.1, 0.15) is 10.9 Å². The third-order valence-electron chi connectivity index (χ3n) is 4.43. The number of thiazole rings is 1. The van der Waals surface area contributed by atoms with Crippen LogP contribution < -0.4 is 5.32 Å². The lowest BCUT2D eigenvalue weighted by Gasteiger charge is -2.36. The highest BCUT2D eigenvalue weighted by Gasteiger charge is 2.38. The molecule has 2 aliphatic heterocycles. The van der Waals surface area contributed by atoms with Crippen molar-refractivity contribution in [3.05, 3.63) is 10.0 Å². The van der Waals surface area contributed by atoms with E-state index >= 15 is 0 Å². The monoisotopic (exact) mass is 296 g/mol. The summed E-state index contributed by atoms with van der Waals surface area (Å²) in [5, 5.41) is 13.3. The fraction of sp³-hybridized carbons (Fsp3) is 0.692. The number of nitrogens with zero attached hydrogens (tertiary/aromatic N) is 3. The lowest BCUT2D eigenvalue weighted by molar-refractivity contribution is 0.139. The Morgan fingerprint density at radius 2 is 2.16 bits per heavy atom. The highest BCUT2D eigenvalue weighted by Crippen LogP contribution is 2.37. The molecule has 3 heterocycles. The fourth-order valence-electron chi connectivity index (χ4n) is 3.37. The molecule has 0 amide bonds. The van der Waals surface area contributed by atoms with Gasteiger partial charge in [0.25, 0.3) is 0 Å². The van der Waals surface area contributed by atoms with Crippen molar-refractivity contribution in [1.82, 2.24) is 9.88 Å². The largest absolute Gasteiger partial charge is 0.361 e. The molecule has 0 spiro atoms. The minimum atomic E-state index is 0.318. The fourth-order valence-corrected chi connectivity index (χ4v) is 4.32. The summed E-state index contributed by atoms with van der Waals surface area (Å²) in [6, 6.07) is 3.59. The summed E-state index contributed by atoms with van der Waals surface area (Å²) < 4.78 is 0. The number of rotatable bonds is 3. The smallest absolute Gasteiger partial charge is 0.185 e. The van der Waals surface area contributed by atoms with Gasteiger partial charge in [-0.1, -0.05) is 22.9 Å². The molecular weight excluding hydrogens is 280 g/mol. The maximum atomic E-state index is 8.86. The third kappa shape index (κ3) is 2.58. The van der Waals surface area contributed by atoms with E-state index in [0.717, 1.165) is 23.8 Å². The zero-order chi connectivity index (χ0) is 13.4. The van der Waals surface area contributed by atoms with Gasteiger partial charge >= 0.3 is 0 Å². The standard InChI is InChI=1S/C13H17ClN4S/c1-18-9-2-3-10(18)5-8(4-9)7-16-13-17-12(14)11(6-15)19-13/h8-10H,2-5,7H2,1H3,(H,16,17). The molecule has 0 aliphatic carbocycles. The first-order chi connectivity index (χ1) is 9.17. The zero-order valence-corrected chi connectivity index (χ0v) is 12.5. The molecule has 19 heavy (non-hydrogen) atoms. The maximum Gasteiger partial charge on any atom is 0.185 e. The van der Waals surface area contributed by atoms with Crippen LogP contribution in [0.5, 0.6) is 0 Å². The summed E-state index contributed by atoms with van der Waals surface area (Å²) in [5.41, 5.74) is 0. The average Bonchev–Trinajstić information content (AvgIpc) is 2.83. The summed E-state index contributed by atoms with van der Waals surface area (Å²) in [6.45, 7) is 0.940. The van der Waals surface area contributed by atoms with E-state index in [1.54, 1.807) is 0 Å². The van der Waals surface area contributed by atoms with Gasteiger partial charge in [0.2, 0.25) is 0 Å². The number of nitriles is 1. The lowest BCUT2D eigenvalue weighted by atomic mass is 9.91. The first-order valence-electron chi connectivity index (χ1n) is 6.69. The van der Waals surface area contributed by atoms with E-state index in [2.05, 4.69) is 28.3 Å². The number of nitrogens with one attached hydrogen (secondary N) is 1. The van der Waals surface area contributed by atoms with Crippen molar-refractivity contribution in [3.63, 3.8) is 0 Å². The van der Waals surface area contributed by atoms with Gasteiger partial charge < -0.3 is 10.2 Å². The van der Waals surface area contributed by atoms with Crippen LogP contribution in [-0.2, 0) is 0 Å². The minimum Gasteiger partial charge on any atom is -0.361 e. The Kier molecular flexibility index (Phi) is 3.66. The van der Waals surface area contributed by atoms with E-state index in [1.807, 2.05) is 0 Å². The molecule has 2 bridgehead atoms. The molecule has 0 saturated carbocycles. The van der Waals surface area contributed by atoms with Gasteiger partial charge in [-0.3, -0.25) is 0 Å². The first kappa shape index (κ1) is 13.2. The number of hydrogen-bond acceptors (Lipinski definition) is 5. The predicted molar refractivity (Wildman–Crippen MR) is 77.6 cm³/mol. The lowest BCUT2D eigenvalue weighted by Crippen LogP contribution is -2.41. The average molecular weight is 297 g/mol. The van der Waals surface area contributed by atoms with E-state index in [0.29, 0.717) is 15.9 Å². The summed E-state index contributed by atoms with van der Waals surface area (Å²) in [6.07, 6.45) is 5.23. The van der Waals surface area contributed by atoms with E-state index < -0.39 is 0 Å². The van der Waals surface area contributed by atoms with Crippen LogP contribution in [-0.4, -0.2) is 35.6 Å². The maximum absolute atomic E-state index is 8.86. The van der Waals surface area contributed by atoms with Crippen molar-refractivity contribution in [2.45, 2.75) is 37.8 Å². The number of aromatic nitrogens is 1. The van der Waals surface area contributed by atoms with Crippen molar-refractivity contribution in [2.75, 3.05) is 18.9 Å². The zero-order valence-electron chi connectivity index (χ0n) is 10.9. The topological polar surface area (TPSA) is 52.0 Å². The van der Waals surface area contributed by atoms with E-state index in [9.17, 15) is 0 Å². The van der Waals surface area contributed by atoms with Crippen LogP contribution in [0.1, 0.15) is 30.6 Å². The minimum absolute atomic E-state index is 0.318. The van der Waals surface area contributed by atoms with Gasteiger partial charge in [0.15, 0.2) is 10.3 Å². The summed E-state index contributed by atoms with van der Waals surface area (Å²) >= 11 is 7.21. The second-order valence-electron chi connectivity index (χ2n) is 5.52. The third-order valence-corrected chi connectivity index (χ3v) is 5.73. The van der Waals surface area contributed by atoms with Crippen LogP contribution in [0.4, 0.5) is 5.13 Å². The predicted octanol–water partition coefficient (Wildman–Crippen LogP) is 2.95. The van der Waals surface area contributed by atoms with Crippen LogP contribution in [0, 0.1) is 17.2 Å². The van der Waals surface area contributed by atoms with Gasteiger partial charge in [0, 0.05) is 18.6 Å². The Bertz CT molecular complexity index is 495. The molecular formula is C13H17ClN4S. The van der Waals surface area contributed by atoms with Crippen LogP contribution in [0.25, 0.3) is 0 Å². The van der Waals surface area contributed by atoms with Gasteiger partial charge in [-0.25, -0.2) is 4.98 Å². The van der Waals surface area contributed by atoms with Crippen molar-refractivity contribution < 1.29 is 0 Å². The normalized spacial score (nSPS) is 30.3. The molecule has 2 unspecified atom stereocenters. The molecule has 2 fully saturated rings. The van der Waals surface area contributed by atoms with Crippen LogP contribution in [0.2, 0.25) is 5.15 Å². The van der Waals surface area contributed by atoms with E-state index in [4.69, 9.17) is 16.9 Å². The highest BCUT2D eigenvalue weighted by molar-refractivity contribution is 7.16. The Morgan fingerprint density at radius 3 is 2.74 bits per heavy atom. The Hall–Kier alpha value is -0.830. The van der Waals surface area contributed by atoms with E-state index in [1.165, 1.54) is 37.0 Å². The molecule has 1 aromatic heterocycles. The van der Waals surface area contributed by atoms with Crippen LogP contribution >= 0.6 is 22.9 Å². The Balaban J connectivity index is 1.57. The Morgan fingerprint density at radius 1 is 1.47 bits per heavy atom. The molecule has 4 nitrogen and oxygen atoms in total. The number of fused-ring (bicyclic) bond motifs is 2. The molecule has 1 aromatic rings. The summed E-state index contributed by atoms with van der Waals surface area (Å²) in [4.78, 5) is 7.21. The molecule has 2 saturated heterocycles. The molecule has 102 valence electrons. The Labute approximate surface area is 122 Å². The van der Waals surface area contributed by atoms with Gasteiger partial charge in [0.05, 0.1) is 0 Å². The number of piperidine rings is 1. The highest BCUT2D eigenvalue weighted by atomic mass is 35.5. The van der Waals surface area contributed by atoms with Crippen molar-refractivity contribution in [1.29, 1.82) is 5.26 Å². The van der Waals surface area contributed by atoms with Gasteiger partial charge in [-0.15, -0.1) is 0 Å². The van der Waals surface area contributed by atoms with Crippen molar-refractivity contribution >= 4 is 28.1 Å². The molecule has 2 atom stereocenters. The molecule has 6 heteroatoms. The number of halogens is 1. The summed E-state index contributed by atoms with van der Waals surface area (Å²) in [5.74, 6) is 0.710. The molecule has 0 aromatic carbocycles. The summed E-state index contributed by atoms with van der Waals surface area (Å²) in [7, 11) is 2.26. The van der Waals surface area contributed by atoms with E-state index in [-0.39, 0.29) is 0 Å². The number of anilines is 1. The SMILES string of the molecule is CN1C2CCC1CC(CNc1nc(Cl)c(C#N)s1)C2. The van der Waals surface area contributed by atoms with Crippen molar-refractivity contribution in [2.24, 2.45) is 5.92 Å². The van der Waals surface area contributed by atoms with Crippen LogP contribution in [0.15, 0.2) is 0 Å².